The molecule has 0 aromatic heterocycles. The molecule has 0 spiro atoms. The zero-order valence-corrected chi connectivity index (χ0v) is 21.8. The molecule has 0 aliphatic rings. The highest BCUT2D eigenvalue weighted by Crippen LogP contribution is 2.21. The highest BCUT2D eigenvalue weighted by atomic mass is 35.5. The van der Waals surface area contributed by atoms with Crippen LogP contribution in [0.1, 0.15) is 18.1 Å². The molecule has 0 aliphatic heterocycles. The van der Waals surface area contributed by atoms with E-state index in [9.17, 15) is 28.1 Å². The Bertz CT molecular complexity index is 1450. The van der Waals surface area contributed by atoms with Gasteiger partial charge >= 0.3 is 0 Å². The van der Waals surface area contributed by atoms with Gasteiger partial charge in [0.2, 0.25) is 15.9 Å². The van der Waals surface area contributed by atoms with Gasteiger partial charge in [-0.1, -0.05) is 41.9 Å². The van der Waals surface area contributed by atoms with Gasteiger partial charge in [-0.2, -0.15) is 9.41 Å². The Morgan fingerprint density at radius 2 is 1.76 bits per heavy atom. The lowest BCUT2D eigenvalue weighted by atomic mass is 10.1. The van der Waals surface area contributed by atoms with Crippen LogP contribution < -0.4 is 10.7 Å². The minimum atomic E-state index is -4.10. The van der Waals surface area contributed by atoms with Crippen molar-refractivity contribution in [1.82, 2.24) is 9.73 Å². The minimum Gasteiger partial charge on any atom is -0.326 e. The van der Waals surface area contributed by atoms with Gasteiger partial charge in [-0.15, -0.1) is 0 Å². The molecule has 3 aromatic carbocycles. The second kappa shape index (κ2) is 12.9. The van der Waals surface area contributed by atoms with Gasteiger partial charge in [0, 0.05) is 41.9 Å². The number of carbonyl (C=O) groups is 2. The maximum Gasteiger partial charge on any atom is 0.270 e. The molecule has 0 radical (unpaired) electrons. The fourth-order valence-electron chi connectivity index (χ4n) is 3.36. The molecule has 38 heavy (non-hydrogen) atoms. The average Bonchev–Trinajstić information content (AvgIpc) is 2.88. The van der Waals surface area contributed by atoms with Gasteiger partial charge in [0.1, 0.15) is 0 Å². The third-order valence-electron chi connectivity index (χ3n) is 5.21. The monoisotopic (exact) mass is 557 g/mol. The second-order valence-corrected chi connectivity index (χ2v) is 10.4. The van der Waals surface area contributed by atoms with E-state index in [1.54, 1.807) is 0 Å². The van der Waals surface area contributed by atoms with E-state index < -0.39 is 27.4 Å². The Balaban J connectivity index is 1.77. The molecule has 198 valence electrons. The first-order valence-electron chi connectivity index (χ1n) is 11.2. The van der Waals surface area contributed by atoms with Crippen LogP contribution in [0.3, 0.4) is 0 Å². The fourth-order valence-corrected chi connectivity index (χ4v) is 4.92. The lowest BCUT2D eigenvalue weighted by Crippen LogP contribution is -2.40. The smallest absolute Gasteiger partial charge is 0.270 e. The van der Waals surface area contributed by atoms with Crippen molar-refractivity contribution in [3.05, 3.63) is 99.1 Å². The Kier molecular flexibility index (Phi) is 9.66. The van der Waals surface area contributed by atoms with E-state index in [1.807, 2.05) is 30.3 Å². The summed E-state index contributed by atoms with van der Waals surface area (Å²) in [7, 11) is -4.10. The predicted octanol–water partition coefficient (Wildman–Crippen LogP) is 3.59. The highest BCUT2D eigenvalue weighted by Gasteiger charge is 2.26. The van der Waals surface area contributed by atoms with Crippen LogP contribution in [0.2, 0.25) is 5.02 Å². The van der Waals surface area contributed by atoms with E-state index in [1.165, 1.54) is 49.4 Å². The third kappa shape index (κ3) is 7.93. The number of benzene rings is 3. The largest absolute Gasteiger partial charge is 0.326 e. The summed E-state index contributed by atoms with van der Waals surface area (Å²) >= 11 is 6.03. The van der Waals surface area contributed by atoms with Crippen LogP contribution in [0.25, 0.3) is 0 Å². The minimum absolute atomic E-state index is 0.00758. The van der Waals surface area contributed by atoms with Gasteiger partial charge in [0.25, 0.3) is 11.6 Å². The normalized spacial score (nSPS) is 11.4. The number of nitro groups is 1. The van der Waals surface area contributed by atoms with Crippen molar-refractivity contribution < 1.29 is 22.9 Å². The number of carbonyl (C=O) groups excluding carboxylic acids is 2. The molecule has 0 atom stereocenters. The van der Waals surface area contributed by atoms with Gasteiger partial charge in [-0.25, -0.2) is 13.8 Å². The number of rotatable bonds is 11. The molecule has 3 rings (SSSR count). The number of halogens is 1. The lowest BCUT2D eigenvalue weighted by molar-refractivity contribution is -0.384. The Morgan fingerprint density at radius 1 is 1.08 bits per heavy atom. The van der Waals surface area contributed by atoms with Gasteiger partial charge in [-0.05, 0) is 42.3 Å². The van der Waals surface area contributed by atoms with Crippen molar-refractivity contribution in [2.24, 2.45) is 5.10 Å². The first kappa shape index (κ1) is 28.4. The van der Waals surface area contributed by atoms with Gasteiger partial charge < -0.3 is 5.32 Å². The number of nitrogens with zero attached hydrogens (tertiary/aromatic N) is 3. The summed E-state index contributed by atoms with van der Waals surface area (Å²) in [6.45, 7) is 0.806. The molecule has 2 amide bonds. The summed E-state index contributed by atoms with van der Waals surface area (Å²) in [6, 6.07) is 18.5. The Hall–Kier alpha value is -4.13. The van der Waals surface area contributed by atoms with Crippen molar-refractivity contribution in [2.45, 2.75) is 18.2 Å². The van der Waals surface area contributed by atoms with Crippen LogP contribution in [0.15, 0.2) is 82.8 Å². The summed E-state index contributed by atoms with van der Waals surface area (Å²) < 4.78 is 27.8. The molecule has 0 saturated heterocycles. The topological polar surface area (TPSA) is 151 Å². The van der Waals surface area contributed by atoms with Crippen LogP contribution in [-0.4, -0.2) is 48.8 Å². The zero-order valence-electron chi connectivity index (χ0n) is 20.2. The molecule has 2 N–H and O–H groups in total. The number of sulfonamides is 1. The van der Waals surface area contributed by atoms with E-state index in [2.05, 4.69) is 15.8 Å². The van der Waals surface area contributed by atoms with E-state index in [0.29, 0.717) is 12.1 Å². The molecule has 13 heteroatoms. The SMILES string of the molecule is CC(=O)Nc1ccc(S(=O)(=O)N(CCc2ccccc2)CC(=O)N/N=C\c2cc([N+](=O)[O-])ccc2Cl)cc1. The summed E-state index contributed by atoms with van der Waals surface area (Å²) in [4.78, 5) is 34.2. The number of nitro benzene ring substituents is 1. The van der Waals surface area contributed by atoms with E-state index in [-0.39, 0.29) is 33.6 Å². The standard InChI is InChI=1S/C25H24ClN5O6S/c1-18(32)28-21-7-10-23(11-8-21)38(36,37)30(14-13-19-5-3-2-4-6-19)17-25(33)29-27-16-20-15-22(31(34)35)9-12-24(20)26/h2-12,15-16H,13-14,17H2,1H3,(H,28,32)(H,29,33)/b27-16-. The van der Waals surface area contributed by atoms with Crippen LogP contribution in [0, 0.1) is 10.1 Å². The van der Waals surface area contributed by atoms with Crippen molar-refractivity contribution >= 4 is 51.0 Å². The molecule has 0 aliphatic carbocycles. The molecule has 0 unspecified atom stereocenters. The number of hydrogen-bond acceptors (Lipinski definition) is 7. The molecule has 0 bridgehead atoms. The van der Waals surface area contributed by atoms with Crippen molar-refractivity contribution in [2.75, 3.05) is 18.4 Å². The highest BCUT2D eigenvalue weighted by molar-refractivity contribution is 7.89. The first-order chi connectivity index (χ1) is 18.1. The Morgan fingerprint density at radius 3 is 2.39 bits per heavy atom. The number of non-ortho nitro benzene ring substituents is 1. The van der Waals surface area contributed by atoms with Crippen molar-refractivity contribution in [1.29, 1.82) is 0 Å². The van der Waals surface area contributed by atoms with Crippen molar-refractivity contribution in [3.8, 4) is 0 Å². The first-order valence-corrected chi connectivity index (χ1v) is 13.1. The van der Waals surface area contributed by atoms with Crippen LogP contribution in [0.5, 0.6) is 0 Å². The maximum absolute atomic E-state index is 13.4. The molecular weight excluding hydrogens is 534 g/mol. The Labute approximate surface area is 224 Å². The zero-order chi connectivity index (χ0) is 27.7. The molecular formula is C25H24ClN5O6S. The number of anilines is 1. The number of hydrogen-bond donors (Lipinski definition) is 2. The van der Waals surface area contributed by atoms with Crippen LogP contribution in [-0.2, 0) is 26.0 Å². The van der Waals surface area contributed by atoms with Crippen molar-refractivity contribution in [3.63, 3.8) is 0 Å². The molecule has 0 heterocycles. The lowest BCUT2D eigenvalue weighted by Gasteiger charge is -2.21. The maximum atomic E-state index is 13.4. The molecule has 0 fully saturated rings. The average molecular weight is 558 g/mol. The van der Waals surface area contributed by atoms with Gasteiger partial charge in [0.05, 0.1) is 22.6 Å². The summed E-state index contributed by atoms with van der Waals surface area (Å²) in [6.07, 6.45) is 1.49. The second-order valence-electron chi connectivity index (χ2n) is 8.04. The number of nitrogens with one attached hydrogen (secondary N) is 2. The summed E-state index contributed by atoms with van der Waals surface area (Å²) in [5, 5.41) is 17.5. The quantitative estimate of drug-likeness (QED) is 0.209. The molecule has 0 saturated carbocycles. The van der Waals surface area contributed by atoms with E-state index in [0.717, 1.165) is 16.1 Å². The number of hydrazone groups is 1. The van der Waals surface area contributed by atoms with Crippen LogP contribution in [0.4, 0.5) is 11.4 Å². The van der Waals surface area contributed by atoms with Crippen LogP contribution >= 0.6 is 11.6 Å². The van der Waals surface area contributed by atoms with Gasteiger partial charge in [-0.3, -0.25) is 19.7 Å². The van der Waals surface area contributed by atoms with E-state index in [4.69, 9.17) is 11.6 Å². The number of amides is 2. The predicted molar refractivity (Wildman–Crippen MR) is 143 cm³/mol. The van der Waals surface area contributed by atoms with E-state index >= 15 is 0 Å². The van der Waals surface area contributed by atoms with Gasteiger partial charge in [0.15, 0.2) is 0 Å². The summed E-state index contributed by atoms with van der Waals surface area (Å²) in [5.41, 5.74) is 3.55. The third-order valence-corrected chi connectivity index (χ3v) is 7.41. The fraction of sp³-hybridized carbons (Fsp3) is 0.160. The summed E-state index contributed by atoms with van der Waals surface area (Å²) in [5.74, 6) is -1.02. The molecule has 11 nitrogen and oxygen atoms in total. The molecule has 3 aromatic rings.